The number of hydrogen-bond acceptors (Lipinski definition) is 4. The largest absolute Gasteiger partial charge is 0.372 e. The van der Waals surface area contributed by atoms with Crippen LogP contribution in [-0.2, 0) is 0 Å². The summed E-state index contributed by atoms with van der Waals surface area (Å²) in [5.41, 5.74) is 3.33. The van der Waals surface area contributed by atoms with E-state index in [9.17, 15) is 4.39 Å². The topological polar surface area (TPSA) is 28.2 Å². The summed E-state index contributed by atoms with van der Waals surface area (Å²) < 4.78 is 13.9. The second kappa shape index (κ2) is 7.85. The van der Waals surface area contributed by atoms with Crippen molar-refractivity contribution < 1.29 is 4.39 Å². The van der Waals surface area contributed by atoms with E-state index < -0.39 is 5.82 Å². The molecular formula is C19H19ClFN3S. The molecule has 3 aromatic rings. The minimum Gasteiger partial charge on any atom is -0.372 e. The Labute approximate surface area is 156 Å². The Morgan fingerprint density at radius 1 is 1.12 bits per heavy atom. The van der Waals surface area contributed by atoms with Gasteiger partial charge in [0.1, 0.15) is 5.82 Å². The van der Waals surface area contributed by atoms with Crippen LogP contribution in [0.1, 0.15) is 13.8 Å². The smallest absolute Gasteiger partial charge is 0.187 e. The second-order valence-electron chi connectivity index (χ2n) is 5.48. The minimum atomic E-state index is -0.396. The van der Waals surface area contributed by atoms with Gasteiger partial charge in [0.05, 0.1) is 16.4 Å². The number of rotatable bonds is 6. The normalized spacial score (nSPS) is 10.7. The highest BCUT2D eigenvalue weighted by atomic mass is 35.5. The highest BCUT2D eigenvalue weighted by Crippen LogP contribution is 2.32. The molecule has 0 aliphatic rings. The van der Waals surface area contributed by atoms with E-state index in [1.165, 1.54) is 23.1 Å². The Bertz CT molecular complexity index is 824. The number of benzene rings is 2. The van der Waals surface area contributed by atoms with Gasteiger partial charge in [0.25, 0.3) is 0 Å². The van der Waals surface area contributed by atoms with Crippen molar-refractivity contribution in [3.05, 3.63) is 58.7 Å². The third kappa shape index (κ3) is 3.94. The van der Waals surface area contributed by atoms with Gasteiger partial charge < -0.3 is 10.2 Å². The summed E-state index contributed by atoms with van der Waals surface area (Å²) in [5, 5.41) is 5.86. The first-order valence-corrected chi connectivity index (χ1v) is 9.40. The number of anilines is 3. The predicted octanol–water partition coefficient (Wildman–Crippen LogP) is 6.19. The van der Waals surface area contributed by atoms with Gasteiger partial charge in [-0.15, -0.1) is 11.3 Å². The summed E-state index contributed by atoms with van der Waals surface area (Å²) in [4.78, 5) is 6.83. The SMILES string of the molecule is CCN(CC)c1ccc(-c2csc(Nc3c(F)cccc3Cl)n2)cc1. The number of aromatic nitrogens is 1. The maximum Gasteiger partial charge on any atom is 0.187 e. The van der Waals surface area contributed by atoms with Gasteiger partial charge in [0.15, 0.2) is 5.13 Å². The highest BCUT2D eigenvalue weighted by Gasteiger charge is 2.11. The Hall–Kier alpha value is -2.11. The zero-order valence-corrected chi connectivity index (χ0v) is 15.7. The van der Waals surface area contributed by atoms with Crippen LogP contribution in [0.2, 0.25) is 5.02 Å². The van der Waals surface area contributed by atoms with Crippen LogP contribution in [-0.4, -0.2) is 18.1 Å². The monoisotopic (exact) mass is 375 g/mol. The Morgan fingerprint density at radius 2 is 1.84 bits per heavy atom. The molecule has 0 radical (unpaired) electrons. The molecule has 3 rings (SSSR count). The standard InChI is InChI=1S/C19H19ClFN3S/c1-3-24(4-2)14-10-8-13(9-11-14)17-12-25-19(22-17)23-18-15(20)6-5-7-16(18)21/h5-12H,3-4H2,1-2H3,(H,22,23). The number of hydrogen-bond donors (Lipinski definition) is 1. The fourth-order valence-electron chi connectivity index (χ4n) is 2.62. The van der Waals surface area contributed by atoms with Crippen molar-refractivity contribution in [3.8, 4) is 11.3 Å². The van der Waals surface area contributed by atoms with Crippen LogP contribution in [0.4, 0.5) is 20.9 Å². The summed E-state index contributed by atoms with van der Waals surface area (Å²) in [5.74, 6) is -0.396. The number of para-hydroxylation sites is 1. The molecule has 0 saturated carbocycles. The summed E-state index contributed by atoms with van der Waals surface area (Å²) in [6, 6.07) is 12.9. The first kappa shape index (κ1) is 17.7. The quantitative estimate of drug-likeness (QED) is 0.556. The molecule has 3 nitrogen and oxygen atoms in total. The fraction of sp³-hybridized carbons (Fsp3) is 0.211. The van der Waals surface area contributed by atoms with Gasteiger partial charge in [-0.3, -0.25) is 0 Å². The molecule has 0 amide bonds. The molecule has 0 atom stereocenters. The van der Waals surface area contributed by atoms with Crippen LogP contribution >= 0.6 is 22.9 Å². The predicted molar refractivity (Wildman–Crippen MR) is 106 cm³/mol. The summed E-state index contributed by atoms with van der Waals surface area (Å²) in [6.07, 6.45) is 0. The van der Waals surface area contributed by atoms with Crippen molar-refractivity contribution in [3.63, 3.8) is 0 Å². The van der Waals surface area contributed by atoms with E-state index in [2.05, 4.69) is 53.3 Å². The average molecular weight is 376 g/mol. The van der Waals surface area contributed by atoms with Crippen LogP contribution in [0.3, 0.4) is 0 Å². The van der Waals surface area contributed by atoms with E-state index in [-0.39, 0.29) is 5.69 Å². The zero-order valence-electron chi connectivity index (χ0n) is 14.1. The van der Waals surface area contributed by atoms with E-state index >= 15 is 0 Å². The minimum absolute atomic E-state index is 0.252. The fourth-order valence-corrected chi connectivity index (χ4v) is 3.55. The van der Waals surface area contributed by atoms with E-state index in [0.717, 1.165) is 24.3 Å². The van der Waals surface area contributed by atoms with Crippen LogP contribution in [0.25, 0.3) is 11.3 Å². The zero-order chi connectivity index (χ0) is 17.8. The third-order valence-electron chi connectivity index (χ3n) is 3.99. The van der Waals surface area contributed by atoms with Gasteiger partial charge in [0.2, 0.25) is 0 Å². The molecule has 0 unspecified atom stereocenters. The van der Waals surface area contributed by atoms with E-state index in [1.54, 1.807) is 12.1 Å². The van der Waals surface area contributed by atoms with Crippen molar-refractivity contribution >= 4 is 39.4 Å². The molecule has 0 spiro atoms. The van der Waals surface area contributed by atoms with E-state index in [4.69, 9.17) is 11.6 Å². The van der Waals surface area contributed by atoms with Crippen LogP contribution in [0.5, 0.6) is 0 Å². The van der Waals surface area contributed by atoms with Crippen molar-refractivity contribution in [2.24, 2.45) is 0 Å². The first-order valence-electron chi connectivity index (χ1n) is 8.14. The maximum atomic E-state index is 13.9. The van der Waals surface area contributed by atoms with Gasteiger partial charge in [0, 0.05) is 29.7 Å². The summed E-state index contributed by atoms with van der Waals surface area (Å²) in [6.45, 7) is 6.24. The van der Waals surface area contributed by atoms with Crippen molar-refractivity contribution in [2.75, 3.05) is 23.3 Å². The Morgan fingerprint density at radius 3 is 2.48 bits per heavy atom. The molecule has 25 heavy (non-hydrogen) atoms. The molecule has 0 bridgehead atoms. The number of thiazole rings is 1. The molecule has 130 valence electrons. The lowest BCUT2D eigenvalue weighted by Gasteiger charge is -2.20. The second-order valence-corrected chi connectivity index (χ2v) is 6.74. The molecule has 0 aliphatic carbocycles. The van der Waals surface area contributed by atoms with Gasteiger partial charge in [-0.25, -0.2) is 9.37 Å². The lowest BCUT2D eigenvalue weighted by Crippen LogP contribution is -2.21. The van der Waals surface area contributed by atoms with Gasteiger partial charge in [-0.05, 0) is 38.1 Å². The molecule has 0 fully saturated rings. The number of nitrogens with one attached hydrogen (secondary N) is 1. The summed E-state index contributed by atoms with van der Waals surface area (Å²) >= 11 is 7.47. The first-order chi connectivity index (χ1) is 12.1. The Balaban J connectivity index is 1.79. The molecule has 1 N–H and O–H groups in total. The lowest BCUT2D eigenvalue weighted by molar-refractivity contribution is 0.632. The third-order valence-corrected chi connectivity index (χ3v) is 5.06. The molecule has 2 aromatic carbocycles. The van der Waals surface area contributed by atoms with Crippen LogP contribution < -0.4 is 10.2 Å². The van der Waals surface area contributed by atoms with Crippen molar-refractivity contribution in [2.45, 2.75) is 13.8 Å². The van der Waals surface area contributed by atoms with Crippen molar-refractivity contribution in [1.29, 1.82) is 0 Å². The lowest BCUT2D eigenvalue weighted by atomic mass is 10.1. The van der Waals surface area contributed by atoms with E-state index in [1.807, 2.05) is 5.38 Å². The van der Waals surface area contributed by atoms with Gasteiger partial charge >= 0.3 is 0 Å². The van der Waals surface area contributed by atoms with Gasteiger partial charge in [-0.2, -0.15) is 0 Å². The average Bonchev–Trinajstić information content (AvgIpc) is 3.09. The summed E-state index contributed by atoms with van der Waals surface area (Å²) in [7, 11) is 0. The van der Waals surface area contributed by atoms with Crippen LogP contribution in [0.15, 0.2) is 47.8 Å². The molecule has 0 aliphatic heterocycles. The molecule has 1 aromatic heterocycles. The highest BCUT2D eigenvalue weighted by molar-refractivity contribution is 7.14. The van der Waals surface area contributed by atoms with Crippen molar-refractivity contribution in [1.82, 2.24) is 4.98 Å². The number of nitrogens with zero attached hydrogens (tertiary/aromatic N) is 2. The Kier molecular flexibility index (Phi) is 5.56. The van der Waals surface area contributed by atoms with Crippen LogP contribution in [0, 0.1) is 5.82 Å². The number of halogens is 2. The molecular weight excluding hydrogens is 357 g/mol. The molecule has 1 heterocycles. The maximum absolute atomic E-state index is 13.9. The molecule has 6 heteroatoms. The van der Waals surface area contributed by atoms with Gasteiger partial charge in [-0.1, -0.05) is 29.8 Å². The van der Waals surface area contributed by atoms with E-state index in [0.29, 0.717) is 10.2 Å². The molecule has 0 saturated heterocycles.